The highest BCUT2D eigenvalue weighted by molar-refractivity contribution is 5.86. The van der Waals surface area contributed by atoms with Crippen LogP contribution in [0.25, 0.3) is 0 Å². The van der Waals surface area contributed by atoms with Crippen LogP contribution in [0.4, 0.5) is 0 Å². The molecule has 1 amide bonds. The van der Waals surface area contributed by atoms with Crippen LogP contribution in [0, 0.1) is 0 Å². The summed E-state index contributed by atoms with van der Waals surface area (Å²) in [5, 5.41) is 12.5. The molecule has 0 spiro atoms. The van der Waals surface area contributed by atoms with E-state index in [1.807, 2.05) is 18.2 Å². The Balaban J connectivity index is 2.22. The summed E-state index contributed by atoms with van der Waals surface area (Å²) in [4.78, 5) is 11.2. The van der Waals surface area contributed by atoms with Gasteiger partial charge >= 0.3 is 0 Å². The number of aliphatic hydroxyl groups is 1. The minimum Gasteiger partial charge on any atom is -0.395 e. The maximum absolute atomic E-state index is 11.2. The fraction of sp³-hybridized carbons (Fsp3) is 0.357. The molecule has 1 aromatic rings. The minimum absolute atomic E-state index is 0.0570. The summed E-state index contributed by atoms with van der Waals surface area (Å²) < 4.78 is 0. The molecule has 0 saturated carbocycles. The van der Waals surface area contributed by atoms with E-state index in [9.17, 15) is 9.90 Å². The van der Waals surface area contributed by atoms with Crippen LogP contribution >= 0.6 is 0 Å². The van der Waals surface area contributed by atoms with Gasteiger partial charge in [-0.25, -0.2) is 0 Å². The van der Waals surface area contributed by atoms with Crippen LogP contribution in [-0.4, -0.2) is 24.2 Å². The van der Waals surface area contributed by atoms with Crippen molar-refractivity contribution in [3.8, 4) is 0 Å². The van der Waals surface area contributed by atoms with Crippen LogP contribution in [0.1, 0.15) is 17.5 Å². The third kappa shape index (κ3) is 2.11. The van der Waals surface area contributed by atoms with Crippen LogP contribution in [0.2, 0.25) is 0 Å². The Morgan fingerprint density at radius 3 is 3.00 bits per heavy atom. The normalized spacial score (nSPS) is 21.9. The number of nitrogens with one attached hydrogen (secondary N) is 1. The zero-order chi connectivity index (χ0) is 12.3. The Morgan fingerprint density at radius 1 is 1.53 bits per heavy atom. The quantitative estimate of drug-likeness (QED) is 0.764. The highest BCUT2D eigenvalue weighted by Gasteiger charge is 2.37. The van der Waals surface area contributed by atoms with E-state index >= 15 is 0 Å². The Morgan fingerprint density at radius 2 is 2.29 bits per heavy atom. The molecule has 2 N–H and O–H groups in total. The molecule has 3 heteroatoms. The van der Waals surface area contributed by atoms with Crippen molar-refractivity contribution >= 4 is 5.91 Å². The second-order valence-electron chi connectivity index (χ2n) is 4.52. The van der Waals surface area contributed by atoms with Crippen molar-refractivity contribution < 1.29 is 9.90 Å². The molecule has 1 aromatic carbocycles. The third-order valence-electron chi connectivity index (χ3n) is 3.55. The predicted octanol–water partition coefficient (Wildman–Crippen LogP) is 1.17. The molecule has 1 atom stereocenters. The third-order valence-corrected chi connectivity index (χ3v) is 3.55. The van der Waals surface area contributed by atoms with E-state index in [-0.39, 0.29) is 17.9 Å². The van der Waals surface area contributed by atoms with Crippen LogP contribution in [0.3, 0.4) is 0 Å². The molecule has 2 rings (SSSR count). The van der Waals surface area contributed by atoms with E-state index in [1.165, 1.54) is 11.6 Å². The molecule has 0 saturated heterocycles. The fourth-order valence-electron chi connectivity index (χ4n) is 2.50. The smallest absolute Gasteiger partial charge is 0.243 e. The lowest BCUT2D eigenvalue weighted by molar-refractivity contribution is -0.116. The Kier molecular flexibility index (Phi) is 3.29. The van der Waals surface area contributed by atoms with E-state index in [1.54, 1.807) is 0 Å². The lowest BCUT2D eigenvalue weighted by Crippen LogP contribution is -2.41. The molecule has 0 aromatic heterocycles. The Hall–Kier alpha value is -1.61. The Bertz CT molecular complexity index is 442. The number of benzene rings is 1. The molecular formula is C14H17NO2. The molecule has 0 fully saturated rings. The van der Waals surface area contributed by atoms with E-state index in [4.69, 9.17) is 0 Å². The number of rotatable bonds is 4. The number of fused-ring (bicyclic) bond motifs is 1. The number of amides is 1. The lowest BCUT2D eigenvalue weighted by atomic mass is 9.82. The van der Waals surface area contributed by atoms with Crippen LogP contribution in [-0.2, 0) is 16.6 Å². The van der Waals surface area contributed by atoms with Gasteiger partial charge in [-0.05, 0) is 30.0 Å². The summed E-state index contributed by atoms with van der Waals surface area (Å²) in [5.41, 5.74) is 2.11. The number of carbonyl (C=O) groups is 1. The van der Waals surface area contributed by atoms with Crippen molar-refractivity contribution in [2.24, 2.45) is 0 Å². The number of hydrogen-bond donors (Lipinski definition) is 2. The molecule has 0 radical (unpaired) electrons. The van der Waals surface area contributed by atoms with Crippen molar-refractivity contribution in [3.63, 3.8) is 0 Å². The summed E-state index contributed by atoms with van der Waals surface area (Å²) in [6.07, 6.45) is 3.09. The van der Waals surface area contributed by atoms with Crippen molar-refractivity contribution in [2.45, 2.75) is 18.3 Å². The fourth-order valence-corrected chi connectivity index (χ4v) is 2.50. The Labute approximate surface area is 101 Å². The van der Waals surface area contributed by atoms with Gasteiger partial charge in [0, 0.05) is 12.0 Å². The molecule has 1 aliphatic carbocycles. The van der Waals surface area contributed by atoms with Gasteiger partial charge in [0.25, 0.3) is 0 Å². The number of aryl methyl sites for hydroxylation is 1. The van der Waals surface area contributed by atoms with Gasteiger partial charge in [0.1, 0.15) is 0 Å². The van der Waals surface area contributed by atoms with E-state index < -0.39 is 0 Å². The average Bonchev–Trinajstić information content (AvgIpc) is 2.76. The largest absolute Gasteiger partial charge is 0.395 e. The second-order valence-corrected chi connectivity index (χ2v) is 4.52. The topological polar surface area (TPSA) is 49.3 Å². The van der Waals surface area contributed by atoms with Crippen LogP contribution in [0.15, 0.2) is 36.9 Å². The maximum atomic E-state index is 11.2. The van der Waals surface area contributed by atoms with Crippen molar-refractivity contribution in [1.29, 1.82) is 0 Å². The first-order chi connectivity index (χ1) is 8.22. The molecule has 3 nitrogen and oxygen atoms in total. The maximum Gasteiger partial charge on any atom is 0.243 e. The highest BCUT2D eigenvalue weighted by atomic mass is 16.3. The molecule has 0 bridgehead atoms. The summed E-state index contributed by atoms with van der Waals surface area (Å²) in [6, 6.07) is 8.11. The monoisotopic (exact) mass is 231 g/mol. The number of carbonyl (C=O) groups excluding carboxylic acids is 1. The SMILES string of the molecule is C=CC(=O)NCC1(CO)CCc2ccccc21. The molecule has 1 unspecified atom stereocenters. The first-order valence-corrected chi connectivity index (χ1v) is 5.81. The zero-order valence-electron chi connectivity index (χ0n) is 9.78. The molecule has 0 heterocycles. The average molecular weight is 231 g/mol. The van der Waals surface area contributed by atoms with Crippen molar-refractivity contribution in [2.75, 3.05) is 13.2 Å². The predicted molar refractivity (Wildman–Crippen MR) is 66.7 cm³/mol. The van der Waals surface area contributed by atoms with Crippen LogP contribution < -0.4 is 5.32 Å². The van der Waals surface area contributed by atoms with Gasteiger partial charge in [-0.15, -0.1) is 0 Å². The van der Waals surface area contributed by atoms with Gasteiger partial charge in [0.2, 0.25) is 5.91 Å². The van der Waals surface area contributed by atoms with Gasteiger partial charge in [0.15, 0.2) is 0 Å². The number of aliphatic hydroxyl groups excluding tert-OH is 1. The van der Waals surface area contributed by atoms with Gasteiger partial charge in [-0.1, -0.05) is 30.8 Å². The van der Waals surface area contributed by atoms with E-state index in [0.29, 0.717) is 6.54 Å². The minimum atomic E-state index is -0.324. The molecule has 17 heavy (non-hydrogen) atoms. The molecule has 90 valence electrons. The summed E-state index contributed by atoms with van der Waals surface area (Å²) in [7, 11) is 0. The van der Waals surface area contributed by atoms with Crippen molar-refractivity contribution in [1.82, 2.24) is 5.32 Å². The zero-order valence-corrected chi connectivity index (χ0v) is 9.78. The first kappa shape index (κ1) is 11.9. The van der Waals surface area contributed by atoms with Crippen molar-refractivity contribution in [3.05, 3.63) is 48.0 Å². The lowest BCUT2D eigenvalue weighted by Gasteiger charge is -2.28. The van der Waals surface area contributed by atoms with Gasteiger partial charge in [-0.2, -0.15) is 0 Å². The van der Waals surface area contributed by atoms with E-state index in [0.717, 1.165) is 18.4 Å². The molecule has 1 aliphatic rings. The molecular weight excluding hydrogens is 214 g/mol. The van der Waals surface area contributed by atoms with Gasteiger partial charge < -0.3 is 10.4 Å². The van der Waals surface area contributed by atoms with Gasteiger partial charge in [-0.3, -0.25) is 4.79 Å². The highest BCUT2D eigenvalue weighted by Crippen LogP contribution is 2.38. The second kappa shape index (κ2) is 4.72. The summed E-state index contributed by atoms with van der Waals surface area (Å²) in [6.45, 7) is 3.94. The summed E-state index contributed by atoms with van der Waals surface area (Å²) >= 11 is 0. The van der Waals surface area contributed by atoms with Gasteiger partial charge in [0.05, 0.1) is 6.61 Å². The summed E-state index contributed by atoms with van der Waals surface area (Å²) in [5.74, 6) is -0.192. The first-order valence-electron chi connectivity index (χ1n) is 5.81. The molecule has 0 aliphatic heterocycles. The number of hydrogen-bond acceptors (Lipinski definition) is 2. The standard InChI is InChI=1S/C14H17NO2/c1-2-13(17)15-9-14(10-16)8-7-11-5-3-4-6-12(11)14/h2-6,16H,1,7-10H2,(H,15,17). The van der Waals surface area contributed by atoms with E-state index in [2.05, 4.69) is 18.0 Å². The van der Waals surface area contributed by atoms with Crippen LogP contribution in [0.5, 0.6) is 0 Å².